The minimum Gasteiger partial charge on any atom is -0.273 e. The molecule has 14 heavy (non-hydrogen) atoms. The molecule has 0 saturated heterocycles. The number of benzene rings is 1. The summed E-state index contributed by atoms with van der Waals surface area (Å²) in [5.74, 6) is 5.25. The molecule has 0 bridgehead atoms. The van der Waals surface area contributed by atoms with E-state index >= 15 is 0 Å². The molecule has 3 nitrogen and oxygen atoms in total. The van der Waals surface area contributed by atoms with Crippen LogP contribution < -0.4 is 10.9 Å². The molecule has 1 saturated carbocycles. The van der Waals surface area contributed by atoms with Gasteiger partial charge in [0.1, 0.15) is 5.82 Å². The van der Waals surface area contributed by atoms with Crippen LogP contribution in [0.5, 0.6) is 0 Å². The van der Waals surface area contributed by atoms with E-state index in [1.165, 1.54) is 24.3 Å². The molecule has 2 N–H and O–H groups in total. The Hall–Kier alpha value is -1.42. The maximum Gasteiger partial charge on any atom is 0.244 e. The number of rotatable bonds is 2. The first kappa shape index (κ1) is 9.15. The molecule has 0 radical (unpaired) electrons. The number of nitrogens with zero attached hydrogens (tertiary/aromatic N) is 1. The molecule has 1 aliphatic carbocycles. The molecule has 0 heterocycles. The molecule has 1 amide bonds. The van der Waals surface area contributed by atoms with Crippen LogP contribution in [0.1, 0.15) is 12.8 Å². The van der Waals surface area contributed by atoms with Gasteiger partial charge in [-0.3, -0.25) is 4.79 Å². The van der Waals surface area contributed by atoms with Crippen molar-refractivity contribution < 1.29 is 9.18 Å². The third-order valence-electron chi connectivity index (χ3n) is 2.27. The highest BCUT2D eigenvalue weighted by Crippen LogP contribution is 2.31. The lowest BCUT2D eigenvalue weighted by atomic mass is 10.3. The topological polar surface area (TPSA) is 46.3 Å². The summed E-state index contributed by atoms with van der Waals surface area (Å²) < 4.78 is 12.6. The summed E-state index contributed by atoms with van der Waals surface area (Å²) in [5.41, 5.74) is 0.531. The molecule has 4 heteroatoms. The van der Waals surface area contributed by atoms with Crippen molar-refractivity contribution in [1.29, 1.82) is 0 Å². The quantitative estimate of drug-likeness (QED) is 0.440. The van der Waals surface area contributed by atoms with E-state index in [0.717, 1.165) is 17.9 Å². The van der Waals surface area contributed by atoms with E-state index in [-0.39, 0.29) is 17.6 Å². The Morgan fingerprint density at radius 2 is 1.93 bits per heavy atom. The minimum absolute atomic E-state index is 0.0741. The van der Waals surface area contributed by atoms with Crippen LogP contribution in [0.3, 0.4) is 0 Å². The largest absolute Gasteiger partial charge is 0.273 e. The van der Waals surface area contributed by atoms with E-state index < -0.39 is 0 Å². The number of amides is 1. The highest BCUT2D eigenvalue weighted by Gasteiger charge is 2.32. The van der Waals surface area contributed by atoms with Gasteiger partial charge in [0.05, 0.1) is 5.69 Å². The predicted molar refractivity (Wildman–Crippen MR) is 50.8 cm³/mol. The van der Waals surface area contributed by atoms with Crippen molar-refractivity contribution in [3.63, 3.8) is 0 Å². The number of nitrogens with two attached hydrogens (primary N) is 1. The average Bonchev–Trinajstić information content (AvgIpc) is 3.00. The standard InChI is InChI=1S/C10H11FN2O/c11-8-3-5-9(6-4-8)13(12)10(14)7-1-2-7/h3-7H,1-2,12H2. The van der Waals surface area contributed by atoms with Crippen LogP contribution >= 0.6 is 0 Å². The molecular weight excluding hydrogens is 183 g/mol. The number of hydrazine groups is 1. The van der Waals surface area contributed by atoms with E-state index in [2.05, 4.69) is 0 Å². The van der Waals surface area contributed by atoms with Gasteiger partial charge in [-0.2, -0.15) is 0 Å². The summed E-state index contributed by atoms with van der Waals surface area (Å²) >= 11 is 0. The Labute approximate surface area is 81.3 Å². The average molecular weight is 194 g/mol. The van der Waals surface area contributed by atoms with Crippen LogP contribution in [0, 0.1) is 11.7 Å². The molecule has 0 spiro atoms. The summed E-state index contributed by atoms with van der Waals surface area (Å²) in [7, 11) is 0. The van der Waals surface area contributed by atoms with E-state index in [0.29, 0.717) is 5.69 Å². The first-order valence-corrected chi connectivity index (χ1v) is 4.53. The molecule has 1 aromatic rings. The number of hydrogen-bond acceptors (Lipinski definition) is 2. The smallest absolute Gasteiger partial charge is 0.244 e. The number of carbonyl (C=O) groups is 1. The monoisotopic (exact) mass is 194 g/mol. The summed E-state index contributed by atoms with van der Waals surface area (Å²) in [5, 5.41) is 1.09. The van der Waals surface area contributed by atoms with Gasteiger partial charge in [-0.15, -0.1) is 0 Å². The second-order valence-corrected chi connectivity index (χ2v) is 3.46. The summed E-state index contributed by atoms with van der Waals surface area (Å²) in [6.07, 6.45) is 1.82. The normalized spacial score (nSPS) is 15.3. The molecule has 0 aromatic heterocycles. The molecule has 1 aromatic carbocycles. The Morgan fingerprint density at radius 1 is 1.36 bits per heavy atom. The van der Waals surface area contributed by atoms with Gasteiger partial charge in [-0.1, -0.05) is 0 Å². The van der Waals surface area contributed by atoms with Crippen LogP contribution in [0.4, 0.5) is 10.1 Å². The minimum atomic E-state index is -0.332. The van der Waals surface area contributed by atoms with Gasteiger partial charge in [-0.05, 0) is 37.1 Å². The van der Waals surface area contributed by atoms with E-state index in [9.17, 15) is 9.18 Å². The Kier molecular flexibility index (Phi) is 2.21. The summed E-state index contributed by atoms with van der Waals surface area (Å²) in [6, 6.07) is 5.57. The van der Waals surface area contributed by atoms with Crippen molar-refractivity contribution in [3.8, 4) is 0 Å². The van der Waals surface area contributed by atoms with Crippen LogP contribution in [0.15, 0.2) is 24.3 Å². The fourth-order valence-corrected chi connectivity index (χ4v) is 1.26. The van der Waals surface area contributed by atoms with Crippen LogP contribution in [-0.4, -0.2) is 5.91 Å². The Bertz CT molecular complexity index is 346. The molecule has 0 atom stereocenters. The van der Waals surface area contributed by atoms with Gasteiger partial charge >= 0.3 is 0 Å². The fourth-order valence-electron chi connectivity index (χ4n) is 1.26. The molecule has 1 fully saturated rings. The highest BCUT2D eigenvalue weighted by molar-refractivity contribution is 5.95. The zero-order valence-corrected chi connectivity index (χ0v) is 7.61. The Morgan fingerprint density at radius 3 is 2.43 bits per heavy atom. The van der Waals surface area contributed by atoms with Gasteiger partial charge in [0.15, 0.2) is 0 Å². The number of carbonyl (C=O) groups excluding carboxylic acids is 1. The second-order valence-electron chi connectivity index (χ2n) is 3.46. The van der Waals surface area contributed by atoms with Crippen molar-refractivity contribution in [1.82, 2.24) is 0 Å². The van der Waals surface area contributed by atoms with Crippen LogP contribution in [0.25, 0.3) is 0 Å². The van der Waals surface area contributed by atoms with Crippen molar-refractivity contribution in [2.45, 2.75) is 12.8 Å². The summed E-state index contributed by atoms with van der Waals surface area (Å²) in [4.78, 5) is 11.5. The number of halogens is 1. The molecular formula is C10H11FN2O. The van der Waals surface area contributed by atoms with Crippen LogP contribution in [-0.2, 0) is 4.79 Å². The van der Waals surface area contributed by atoms with Crippen molar-refractivity contribution in [3.05, 3.63) is 30.1 Å². The zero-order chi connectivity index (χ0) is 10.1. The molecule has 74 valence electrons. The van der Waals surface area contributed by atoms with E-state index in [1.54, 1.807) is 0 Å². The molecule has 1 aliphatic rings. The zero-order valence-electron chi connectivity index (χ0n) is 7.61. The lowest BCUT2D eigenvalue weighted by Crippen LogP contribution is -2.38. The van der Waals surface area contributed by atoms with Gasteiger partial charge in [-0.25, -0.2) is 15.2 Å². The second kappa shape index (κ2) is 3.38. The Balaban J connectivity index is 2.13. The number of anilines is 1. The predicted octanol–water partition coefficient (Wildman–Crippen LogP) is 1.44. The van der Waals surface area contributed by atoms with E-state index in [4.69, 9.17) is 5.84 Å². The fraction of sp³-hybridized carbons (Fsp3) is 0.300. The van der Waals surface area contributed by atoms with Gasteiger partial charge in [0, 0.05) is 5.92 Å². The maximum atomic E-state index is 12.6. The van der Waals surface area contributed by atoms with Crippen molar-refractivity contribution in [2.24, 2.45) is 11.8 Å². The molecule has 0 aliphatic heterocycles. The lowest BCUT2D eigenvalue weighted by Gasteiger charge is -2.15. The highest BCUT2D eigenvalue weighted by atomic mass is 19.1. The van der Waals surface area contributed by atoms with Crippen molar-refractivity contribution in [2.75, 3.05) is 5.01 Å². The first-order valence-electron chi connectivity index (χ1n) is 4.53. The molecule has 0 unspecified atom stereocenters. The van der Waals surface area contributed by atoms with Gasteiger partial charge < -0.3 is 0 Å². The van der Waals surface area contributed by atoms with Gasteiger partial charge in [0.25, 0.3) is 0 Å². The third kappa shape index (κ3) is 1.75. The number of hydrogen-bond donors (Lipinski definition) is 1. The maximum absolute atomic E-state index is 12.6. The SMILES string of the molecule is NN(C(=O)C1CC1)c1ccc(F)cc1. The lowest BCUT2D eigenvalue weighted by molar-refractivity contribution is -0.119. The summed E-state index contributed by atoms with van der Waals surface area (Å²) in [6.45, 7) is 0. The van der Waals surface area contributed by atoms with Crippen LogP contribution in [0.2, 0.25) is 0 Å². The first-order chi connectivity index (χ1) is 6.68. The molecule has 2 rings (SSSR count). The van der Waals surface area contributed by atoms with Crippen molar-refractivity contribution >= 4 is 11.6 Å². The third-order valence-corrected chi connectivity index (χ3v) is 2.27. The van der Waals surface area contributed by atoms with E-state index in [1.807, 2.05) is 0 Å². The van der Waals surface area contributed by atoms with Gasteiger partial charge in [0.2, 0.25) is 5.91 Å².